The van der Waals surface area contributed by atoms with E-state index in [0.29, 0.717) is 16.3 Å². The van der Waals surface area contributed by atoms with Crippen molar-refractivity contribution in [1.29, 1.82) is 0 Å². The van der Waals surface area contributed by atoms with Crippen molar-refractivity contribution in [3.05, 3.63) is 76.9 Å². The first-order valence-electron chi connectivity index (χ1n) is 7.90. The normalized spacial score (nSPS) is 10.3. The molecule has 132 valence electrons. The number of rotatable bonds is 6. The monoisotopic (exact) mass is 369 g/mol. The van der Waals surface area contributed by atoms with Gasteiger partial charge in [0.15, 0.2) is 0 Å². The summed E-state index contributed by atoms with van der Waals surface area (Å²) in [4.78, 5) is 24.1. The molecule has 0 aliphatic carbocycles. The number of aromatic amines is 1. The second-order valence-electron chi connectivity index (χ2n) is 5.49. The Balaban J connectivity index is 1.56. The number of amides is 1. The summed E-state index contributed by atoms with van der Waals surface area (Å²) in [7, 11) is 0. The first-order valence-corrected chi connectivity index (χ1v) is 8.28. The fraction of sp³-hybridized carbons (Fsp3) is 0.105. The van der Waals surface area contributed by atoms with Gasteiger partial charge in [-0.15, -0.1) is 0 Å². The first kappa shape index (κ1) is 17.7. The third-order valence-corrected chi connectivity index (χ3v) is 3.90. The minimum atomic E-state index is -0.515. The maximum absolute atomic E-state index is 12.3. The number of H-pyrrole nitrogens is 1. The van der Waals surface area contributed by atoms with Crippen molar-refractivity contribution in [2.24, 2.45) is 0 Å². The number of nitrogens with one attached hydrogen (secondary N) is 2. The quantitative estimate of drug-likeness (QED) is 0.653. The molecule has 0 aliphatic rings. The number of hydrogen-bond donors (Lipinski definition) is 2. The lowest BCUT2D eigenvalue weighted by Gasteiger charge is -2.07. The van der Waals surface area contributed by atoms with Crippen molar-refractivity contribution in [2.75, 3.05) is 6.54 Å². The molecule has 7 heteroatoms. The molecule has 2 N–H and O–H groups in total. The van der Waals surface area contributed by atoms with Gasteiger partial charge < -0.3 is 10.1 Å². The number of aromatic nitrogens is 2. The van der Waals surface area contributed by atoms with Crippen molar-refractivity contribution in [3.63, 3.8) is 0 Å². The average Bonchev–Trinajstić information content (AvgIpc) is 3.16. The van der Waals surface area contributed by atoms with Gasteiger partial charge in [-0.3, -0.25) is 14.7 Å². The number of esters is 1. The van der Waals surface area contributed by atoms with E-state index < -0.39 is 11.9 Å². The zero-order valence-corrected chi connectivity index (χ0v) is 14.5. The zero-order chi connectivity index (χ0) is 18.4. The standard InChI is InChI=1S/C19H16ClN3O3/c20-15-8-6-14(7-9-15)18-16(10-22-23-18)19(25)21-11-17(24)26-12-13-4-2-1-3-5-13/h1-10H,11-12H2,(H,21,25)(H,22,23). The van der Waals surface area contributed by atoms with Gasteiger partial charge in [-0.05, 0) is 17.7 Å². The smallest absolute Gasteiger partial charge is 0.325 e. The van der Waals surface area contributed by atoms with E-state index >= 15 is 0 Å². The van der Waals surface area contributed by atoms with Crippen LogP contribution in [0.15, 0.2) is 60.8 Å². The van der Waals surface area contributed by atoms with Crippen molar-refractivity contribution in [3.8, 4) is 11.3 Å². The molecule has 0 atom stereocenters. The topological polar surface area (TPSA) is 84.1 Å². The number of carbonyl (C=O) groups excluding carboxylic acids is 2. The number of carbonyl (C=O) groups is 2. The van der Waals surface area contributed by atoms with Gasteiger partial charge in [-0.25, -0.2) is 0 Å². The predicted octanol–water partition coefficient (Wildman–Crippen LogP) is 3.20. The summed E-state index contributed by atoms with van der Waals surface area (Å²) in [6, 6.07) is 16.3. The Hall–Kier alpha value is -3.12. The molecule has 1 amide bonds. The molecule has 0 saturated heterocycles. The molecular formula is C19H16ClN3O3. The van der Waals surface area contributed by atoms with Crippen LogP contribution in [-0.4, -0.2) is 28.6 Å². The predicted molar refractivity (Wildman–Crippen MR) is 97.6 cm³/mol. The molecule has 0 spiro atoms. The third kappa shape index (κ3) is 4.49. The van der Waals surface area contributed by atoms with E-state index in [9.17, 15) is 9.59 Å². The van der Waals surface area contributed by atoms with Gasteiger partial charge in [0.2, 0.25) is 0 Å². The van der Waals surface area contributed by atoms with Gasteiger partial charge in [0.1, 0.15) is 13.2 Å². The van der Waals surface area contributed by atoms with Crippen LogP contribution in [-0.2, 0) is 16.1 Å². The fourth-order valence-electron chi connectivity index (χ4n) is 2.33. The van der Waals surface area contributed by atoms with E-state index in [2.05, 4.69) is 15.5 Å². The van der Waals surface area contributed by atoms with E-state index in [0.717, 1.165) is 11.1 Å². The van der Waals surface area contributed by atoms with Gasteiger partial charge in [-0.1, -0.05) is 54.1 Å². The molecule has 0 saturated carbocycles. The van der Waals surface area contributed by atoms with Crippen LogP contribution in [0.4, 0.5) is 0 Å². The van der Waals surface area contributed by atoms with Crippen molar-refractivity contribution in [2.45, 2.75) is 6.61 Å². The van der Waals surface area contributed by atoms with Crippen LogP contribution in [0.5, 0.6) is 0 Å². The van der Waals surface area contributed by atoms with Gasteiger partial charge in [0, 0.05) is 10.6 Å². The minimum absolute atomic E-state index is 0.164. The van der Waals surface area contributed by atoms with Crippen LogP contribution in [0.25, 0.3) is 11.3 Å². The molecule has 0 bridgehead atoms. The summed E-state index contributed by atoms with van der Waals surface area (Å²) >= 11 is 5.88. The lowest BCUT2D eigenvalue weighted by molar-refractivity contribution is -0.143. The molecule has 0 radical (unpaired) electrons. The number of benzene rings is 2. The Labute approximate surface area is 155 Å². The zero-order valence-electron chi connectivity index (χ0n) is 13.7. The van der Waals surface area contributed by atoms with E-state index in [-0.39, 0.29) is 13.2 Å². The van der Waals surface area contributed by atoms with Gasteiger partial charge >= 0.3 is 5.97 Å². The second kappa shape index (κ2) is 8.31. The molecule has 3 rings (SSSR count). The number of nitrogens with zero attached hydrogens (tertiary/aromatic N) is 1. The number of hydrogen-bond acceptors (Lipinski definition) is 4. The van der Waals surface area contributed by atoms with E-state index in [1.54, 1.807) is 24.3 Å². The van der Waals surface area contributed by atoms with Crippen LogP contribution in [0.3, 0.4) is 0 Å². The number of halogens is 1. The largest absolute Gasteiger partial charge is 0.460 e. The lowest BCUT2D eigenvalue weighted by atomic mass is 10.1. The average molecular weight is 370 g/mol. The molecule has 26 heavy (non-hydrogen) atoms. The molecule has 1 aromatic heterocycles. The van der Waals surface area contributed by atoms with Crippen molar-refractivity contribution in [1.82, 2.24) is 15.5 Å². The third-order valence-electron chi connectivity index (χ3n) is 3.65. The highest BCUT2D eigenvalue weighted by Gasteiger charge is 2.16. The van der Waals surface area contributed by atoms with Gasteiger partial charge in [-0.2, -0.15) is 5.10 Å². The van der Waals surface area contributed by atoms with E-state index in [4.69, 9.17) is 16.3 Å². The Morgan fingerprint density at radius 3 is 2.54 bits per heavy atom. The van der Waals surface area contributed by atoms with E-state index in [1.807, 2.05) is 30.3 Å². The molecule has 1 heterocycles. The Kier molecular flexibility index (Phi) is 5.66. The van der Waals surface area contributed by atoms with Gasteiger partial charge in [0.05, 0.1) is 17.5 Å². The van der Waals surface area contributed by atoms with Crippen LogP contribution >= 0.6 is 11.6 Å². The summed E-state index contributed by atoms with van der Waals surface area (Å²) in [6.07, 6.45) is 1.41. The summed E-state index contributed by atoms with van der Waals surface area (Å²) in [5.41, 5.74) is 2.54. The lowest BCUT2D eigenvalue weighted by Crippen LogP contribution is -2.30. The van der Waals surface area contributed by atoms with Crippen LogP contribution in [0.1, 0.15) is 15.9 Å². The summed E-state index contributed by atoms with van der Waals surface area (Å²) < 4.78 is 5.13. The molecule has 6 nitrogen and oxygen atoms in total. The second-order valence-corrected chi connectivity index (χ2v) is 5.93. The Bertz CT molecular complexity index is 892. The Morgan fingerprint density at radius 1 is 1.08 bits per heavy atom. The molecule has 0 fully saturated rings. The van der Waals surface area contributed by atoms with Crippen LogP contribution < -0.4 is 5.32 Å². The molecule has 0 aliphatic heterocycles. The molecular weight excluding hydrogens is 354 g/mol. The Morgan fingerprint density at radius 2 is 1.81 bits per heavy atom. The maximum Gasteiger partial charge on any atom is 0.325 e. The maximum atomic E-state index is 12.3. The van der Waals surface area contributed by atoms with Gasteiger partial charge in [0.25, 0.3) is 5.91 Å². The molecule has 0 unspecified atom stereocenters. The van der Waals surface area contributed by atoms with Crippen LogP contribution in [0, 0.1) is 0 Å². The first-order chi connectivity index (χ1) is 12.6. The minimum Gasteiger partial charge on any atom is -0.460 e. The van der Waals surface area contributed by atoms with Crippen LogP contribution in [0.2, 0.25) is 5.02 Å². The SMILES string of the molecule is O=C(CNC(=O)c1cn[nH]c1-c1ccc(Cl)cc1)OCc1ccccc1. The highest BCUT2D eigenvalue weighted by atomic mass is 35.5. The summed E-state index contributed by atoms with van der Waals surface area (Å²) in [5, 5.41) is 9.84. The summed E-state index contributed by atoms with van der Waals surface area (Å²) in [6.45, 7) is -0.0613. The molecule has 3 aromatic rings. The fourth-order valence-corrected chi connectivity index (χ4v) is 2.46. The summed E-state index contributed by atoms with van der Waals surface area (Å²) in [5.74, 6) is -0.931. The highest BCUT2D eigenvalue weighted by molar-refractivity contribution is 6.30. The van der Waals surface area contributed by atoms with Crippen molar-refractivity contribution < 1.29 is 14.3 Å². The van der Waals surface area contributed by atoms with E-state index in [1.165, 1.54) is 6.20 Å². The number of ether oxygens (including phenoxy) is 1. The highest BCUT2D eigenvalue weighted by Crippen LogP contribution is 2.22. The molecule has 2 aromatic carbocycles. The van der Waals surface area contributed by atoms with Crippen molar-refractivity contribution >= 4 is 23.5 Å².